The van der Waals surface area contributed by atoms with E-state index in [1.54, 1.807) is 18.5 Å². The highest BCUT2D eigenvalue weighted by molar-refractivity contribution is 5.97. The zero-order valence-electron chi connectivity index (χ0n) is 14.8. The summed E-state index contributed by atoms with van der Waals surface area (Å²) in [5, 5.41) is 13.0. The number of nitrogens with zero attached hydrogens (tertiary/aromatic N) is 3. The largest absolute Gasteiger partial charge is 0.438 e. The number of rotatable bonds is 4. The molecular weight excluding hydrogens is 352 g/mol. The fraction of sp³-hybridized carbons (Fsp3) is 0. The van der Waals surface area contributed by atoms with Gasteiger partial charge in [-0.15, -0.1) is 0 Å². The smallest absolute Gasteiger partial charge is 0.230 e. The van der Waals surface area contributed by atoms with E-state index in [-0.39, 0.29) is 0 Å². The Morgan fingerprint density at radius 3 is 2.79 bits per heavy atom. The highest BCUT2D eigenvalue weighted by Gasteiger charge is 2.08. The Balaban J connectivity index is 1.44. The molecule has 7 heteroatoms. The van der Waals surface area contributed by atoms with Gasteiger partial charge in [-0.1, -0.05) is 24.3 Å². The number of benzene rings is 3. The molecule has 0 bridgehead atoms. The van der Waals surface area contributed by atoms with Crippen LogP contribution in [0.1, 0.15) is 0 Å². The predicted octanol–water partition coefficient (Wildman–Crippen LogP) is 4.62. The first kappa shape index (κ1) is 16.1. The quantitative estimate of drug-likeness (QED) is 0.400. The van der Waals surface area contributed by atoms with Crippen LogP contribution in [-0.2, 0) is 0 Å². The van der Waals surface area contributed by atoms with Crippen LogP contribution in [0.25, 0.3) is 21.7 Å². The van der Waals surface area contributed by atoms with Crippen LogP contribution in [0.4, 0.5) is 17.3 Å². The summed E-state index contributed by atoms with van der Waals surface area (Å²) in [5.41, 5.74) is 8.61. The Labute approximate surface area is 160 Å². The van der Waals surface area contributed by atoms with E-state index in [9.17, 15) is 0 Å². The standard InChI is InChI=1S/C21H16N6O/c22-17-6-8-19(16-4-2-1-3-15(16)17)28-20-9-10-23-21(26-20)25-14-5-7-18-13(11-14)12-24-27-18/h1-12H,22H2,(H,24,27)(H,23,25,26). The second-order valence-corrected chi connectivity index (χ2v) is 6.32. The molecular formula is C21H16N6O. The molecule has 0 atom stereocenters. The zero-order valence-corrected chi connectivity index (χ0v) is 14.8. The lowest BCUT2D eigenvalue weighted by Crippen LogP contribution is -1.98. The van der Waals surface area contributed by atoms with Crippen LogP contribution in [0, 0.1) is 0 Å². The average Bonchev–Trinajstić information content (AvgIpc) is 3.19. The third-order valence-electron chi connectivity index (χ3n) is 4.46. The van der Waals surface area contributed by atoms with Gasteiger partial charge in [0.2, 0.25) is 11.8 Å². The number of aromatic nitrogens is 4. The Morgan fingerprint density at radius 1 is 0.964 bits per heavy atom. The van der Waals surface area contributed by atoms with E-state index in [4.69, 9.17) is 10.5 Å². The SMILES string of the molecule is Nc1ccc(Oc2ccnc(Nc3ccc4[nH]ncc4c3)n2)c2ccccc12. The molecule has 2 heterocycles. The Morgan fingerprint density at radius 2 is 1.86 bits per heavy atom. The first-order valence-electron chi connectivity index (χ1n) is 8.74. The van der Waals surface area contributed by atoms with Gasteiger partial charge in [-0.25, -0.2) is 4.98 Å². The van der Waals surface area contributed by atoms with Crippen molar-refractivity contribution in [2.24, 2.45) is 0 Å². The van der Waals surface area contributed by atoms with E-state index in [2.05, 4.69) is 25.5 Å². The number of anilines is 3. The molecule has 0 saturated carbocycles. The maximum atomic E-state index is 6.06. The maximum absolute atomic E-state index is 6.06. The molecule has 0 aliphatic carbocycles. The molecule has 0 unspecified atom stereocenters. The van der Waals surface area contributed by atoms with Crippen LogP contribution in [0.3, 0.4) is 0 Å². The third-order valence-corrected chi connectivity index (χ3v) is 4.46. The molecule has 0 spiro atoms. The van der Waals surface area contributed by atoms with Gasteiger partial charge in [0, 0.05) is 39.8 Å². The van der Waals surface area contributed by atoms with Crippen molar-refractivity contribution in [1.82, 2.24) is 20.2 Å². The third kappa shape index (κ3) is 2.95. The van der Waals surface area contributed by atoms with E-state index >= 15 is 0 Å². The van der Waals surface area contributed by atoms with Crippen molar-refractivity contribution < 1.29 is 4.74 Å². The molecule has 3 aromatic carbocycles. The highest BCUT2D eigenvalue weighted by atomic mass is 16.5. The van der Waals surface area contributed by atoms with E-state index in [0.717, 1.165) is 27.4 Å². The number of fused-ring (bicyclic) bond motifs is 2. The molecule has 5 aromatic rings. The topological polar surface area (TPSA) is 102 Å². The normalized spacial score (nSPS) is 11.0. The summed E-state index contributed by atoms with van der Waals surface area (Å²) in [6, 6.07) is 19.1. The Kier molecular flexibility index (Phi) is 3.76. The summed E-state index contributed by atoms with van der Waals surface area (Å²) in [6.45, 7) is 0. The molecule has 136 valence electrons. The van der Waals surface area contributed by atoms with Gasteiger partial charge < -0.3 is 15.8 Å². The Hall–Kier alpha value is -4.13. The molecule has 0 radical (unpaired) electrons. The van der Waals surface area contributed by atoms with E-state index in [0.29, 0.717) is 23.3 Å². The lowest BCUT2D eigenvalue weighted by molar-refractivity contribution is 0.468. The zero-order chi connectivity index (χ0) is 18.9. The maximum Gasteiger partial charge on any atom is 0.230 e. The number of hydrogen-bond acceptors (Lipinski definition) is 6. The molecule has 0 aliphatic heterocycles. The lowest BCUT2D eigenvalue weighted by atomic mass is 10.1. The number of nitrogens with one attached hydrogen (secondary N) is 2. The second-order valence-electron chi connectivity index (χ2n) is 6.32. The van der Waals surface area contributed by atoms with E-state index in [1.807, 2.05) is 54.6 Å². The van der Waals surface area contributed by atoms with E-state index in [1.165, 1.54) is 0 Å². The summed E-state index contributed by atoms with van der Waals surface area (Å²) >= 11 is 0. The van der Waals surface area contributed by atoms with Crippen molar-refractivity contribution in [2.75, 3.05) is 11.1 Å². The van der Waals surface area contributed by atoms with Crippen molar-refractivity contribution in [3.05, 3.63) is 73.1 Å². The van der Waals surface area contributed by atoms with Gasteiger partial charge in [-0.05, 0) is 30.3 Å². The minimum absolute atomic E-state index is 0.441. The van der Waals surface area contributed by atoms with Crippen molar-refractivity contribution in [3.63, 3.8) is 0 Å². The Bertz CT molecular complexity index is 1300. The summed E-state index contributed by atoms with van der Waals surface area (Å²) in [4.78, 5) is 8.74. The van der Waals surface area contributed by atoms with Crippen LogP contribution in [0.2, 0.25) is 0 Å². The highest BCUT2D eigenvalue weighted by Crippen LogP contribution is 2.32. The van der Waals surface area contributed by atoms with Crippen molar-refractivity contribution in [1.29, 1.82) is 0 Å². The number of aromatic amines is 1. The minimum Gasteiger partial charge on any atom is -0.438 e. The monoisotopic (exact) mass is 368 g/mol. The summed E-state index contributed by atoms with van der Waals surface area (Å²) in [7, 11) is 0. The minimum atomic E-state index is 0.441. The fourth-order valence-corrected chi connectivity index (χ4v) is 3.11. The van der Waals surface area contributed by atoms with Crippen molar-refractivity contribution in [2.45, 2.75) is 0 Å². The fourth-order valence-electron chi connectivity index (χ4n) is 3.11. The van der Waals surface area contributed by atoms with Crippen LogP contribution in [0.5, 0.6) is 11.6 Å². The number of hydrogen-bond donors (Lipinski definition) is 3. The van der Waals surface area contributed by atoms with Crippen LogP contribution in [-0.4, -0.2) is 20.2 Å². The van der Waals surface area contributed by atoms with Gasteiger partial charge >= 0.3 is 0 Å². The molecule has 4 N–H and O–H groups in total. The molecule has 0 fully saturated rings. The van der Waals surface area contributed by atoms with Gasteiger partial charge in [-0.2, -0.15) is 10.1 Å². The molecule has 0 aliphatic rings. The molecule has 2 aromatic heterocycles. The van der Waals surface area contributed by atoms with Crippen molar-refractivity contribution >= 4 is 39.0 Å². The summed E-state index contributed by atoms with van der Waals surface area (Å²) in [6.07, 6.45) is 3.42. The first-order valence-corrected chi connectivity index (χ1v) is 8.74. The molecule has 5 rings (SSSR count). The number of ether oxygens (including phenoxy) is 1. The van der Waals surface area contributed by atoms with Gasteiger partial charge in [0.05, 0.1) is 11.7 Å². The number of nitrogens with two attached hydrogens (primary N) is 1. The predicted molar refractivity (Wildman–Crippen MR) is 110 cm³/mol. The van der Waals surface area contributed by atoms with Crippen LogP contribution in [0.15, 0.2) is 73.1 Å². The van der Waals surface area contributed by atoms with E-state index < -0.39 is 0 Å². The molecule has 0 amide bonds. The van der Waals surface area contributed by atoms with Gasteiger partial charge in [0.25, 0.3) is 0 Å². The number of nitrogen functional groups attached to an aromatic ring is 1. The molecule has 0 saturated heterocycles. The van der Waals surface area contributed by atoms with Crippen LogP contribution >= 0.6 is 0 Å². The lowest BCUT2D eigenvalue weighted by Gasteiger charge is -2.11. The second kappa shape index (κ2) is 6.55. The molecule has 28 heavy (non-hydrogen) atoms. The van der Waals surface area contributed by atoms with Gasteiger partial charge in [0.1, 0.15) is 5.75 Å². The summed E-state index contributed by atoms with van der Waals surface area (Å²) < 4.78 is 6.02. The molecule has 7 nitrogen and oxygen atoms in total. The van der Waals surface area contributed by atoms with Crippen molar-refractivity contribution in [3.8, 4) is 11.6 Å². The van der Waals surface area contributed by atoms with Crippen LogP contribution < -0.4 is 15.8 Å². The summed E-state index contributed by atoms with van der Waals surface area (Å²) in [5.74, 6) is 1.58. The number of H-pyrrole nitrogens is 1. The average molecular weight is 368 g/mol. The van der Waals surface area contributed by atoms with Gasteiger partial charge in [-0.3, -0.25) is 5.10 Å². The first-order chi connectivity index (χ1) is 13.8. The van der Waals surface area contributed by atoms with Gasteiger partial charge in [0.15, 0.2) is 0 Å².